The van der Waals surface area contributed by atoms with Crippen LogP contribution in [0.2, 0.25) is 10.0 Å². The van der Waals surface area contributed by atoms with Gasteiger partial charge < -0.3 is 33.9 Å². The number of piperidine rings is 1. The first kappa shape index (κ1) is 32.0. The first-order valence-corrected chi connectivity index (χ1v) is 16.2. The third kappa shape index (κ3) is 5.99. The lowest BCUT2D eigenvalue weighted by atomic mass is 9.73. The highest BCUT2D eigenvalue weighted by Crippen LogP contribution is 2.51. The van der Waals surface area contributed by atoms with Gasteiger partial charge in [0.05, 0.1) is 50.6 Å². The Balaban J connectivity index is 1.23. The molecule has 0 aromatic heterocycles. The average Bonchev–Trinajstić information content (AvgIpc) is 3.35. The molecule has 0 saturated carbocycles. The number of benzene rings is 3. The van der Waals surface area contributed by atoms with Gasteiger partial charge in [-0.2, -0.15) is 0 Å². The van der Waals surface area contributed by atoms with Gasteiger partial charge in [-0.3, -0.25) is 4.79 Å². The number of aliphatic hydroxyl groups is 1. The molecule has 6 rings (SSSR count). The molecule has 10 heteroatoms. The number of morpholine rings is 1. The highest BCUT2D eigenvalue weighted by atomic mass is 35.5. The summed E-state index contributed by atoms with van der Waals surface area (Å²) < 4.78 is 23.1. The number of ether oxygens (including phenoxy) is 4. The van der Waals surface area contributed by atoms with Gasteiger partial charge in [-0.25, -0.2) is 0 Å². The van der Waals surface area contributed by atoms with Gasteiger partial charge in [0.1, 0.15) is 5.60 Å². The fourth-order valence-corrected chi connectivity index (χ4v) is 7.77. The topological polar surface area (TPSA) is 80.7 Å². The van der Waals surface area contributed by atoms with Crippen molar-refractivity contribution in [3.8, 4) is 17.2 Å². The number of carbonyl (C=O) groups excluding carboxylic acids is 1. The van der Waals surface area contributed by atoms with Crippen LogP contribution in [-0.2, 0) is 15.8 Å². The largest absolute Gasteiger partial charge is 0.493 e. The van der Waals surface area contributed by atoms with Crippen molar-refractivity contribution in [1.82, 2.24) is 9.80 Å². The van der Waals surface area contributed by atoms with Crippen LogP contribution in [-0.4, -0.2) is 81.5 Å². The van der Waals surface area contributed by atoms with Gasteiger partial charge in [0.2, 0.25) is 5.75 Å². The molecule has 0 radical (unpaired) electrons. The standard InChI is InChI=1S/C35H40Cl2N2O6/c1-42-30-18-23(19-31(43-2)32(30)44-3)33(41)39-16-17-45-35(22-39,24-8-9-27(36)28(37)20-24)12-15-38-13-10-34(11-14-38)21-29(40)25-6-4-5-7-26(25)34/h4-9,18-20,29,40H,10-17,21-22H2,1-3H3. The van der Waals surface area contributed by atoms with Gasteiger partial charge in [0.25, 0.3) is 5.91 Å². The summed E-state index contributed by atoms with van der Waals surface area (Å²) in [6.07, 6.45) is 3.04. The number of methoxy groups -OCH3 is 3. The Kier molecular flexibility index (Phi) is 9.24. The molecule has 45 heavy (non-hydrogen) atoms. The van der Waals surface area contributed by atoms with E-state index in [9.17, 15) is 9.90 Å². The van der Waals surface area contributed by atoms with Gasteiger partial charge in [-0.15, -0.1) is 0 Å². The molecule has 2 saturated heterocycles. The van der Waals surface area contributed by atoms with Crippen molar-refractivity contribution < 1.29 is 28.8 Å². The van der Waals surface area contributed by atoms with Crippen molar-refractivity contribution in [1.29, 1.82) is 0 Å². The van der Waals surface area contributed by atoms with Crippen LogP contribution in [0.25, 0.3) is 0 Å². The second-order valence-electron chi connectivity index (χ2n) is 12.3. The smallest absolute Gasteiger partial charge is 0.254 e. The van der Waals surface area contributed by atoms with E-state index in [1.54, 1.807) is 18.2 Å². The molecule has 2 unspecified atom stereocenters. The summed E-state index contributed by atoms with van der Waals surface area (Å²) >= 11 is 12.8. The zero-order chi connectivity index (χ0) is 31.8. The highest BCUT2D eigenvalue weighted by Gasteiger charge is 2.46. The predicted molar refractivity (Wildman–Crippen MR) is 174 cm³/mol. The summed E-state index contributed by atoms with van der Waals surface area (Å²) in [5.74, 6) is 1.12. The fraction of sp³-hybridized carbons (Fsp3) is 0.457. The maximum absolute atomic E-state index is 14.0. The van der Waals surface area contributed by atoms with Crippen LogP contribution in [0.4, 0.5) is 0 Å². The van der Waals surface area contributed by atoms with Crippen LogP contribution in [0, 0.1) is 0 Å². The van der Waals surface area contributed by atoms with Crippen molar-refractivity contribution >= 4 is 29.1 Å². The number of halogens is 2. The fourth-order valence-electron chi connectivity index (χ4n) is 7.47. The minimum absolute atomic E-state index is 0.0267. The molecular formula is C35H40Cl2N2O6. The van der Waals surface area contributed by atoms with Crippen molar-refractivity contribution in [2.75, 3.05) is 60.7 Å². The number of nitrogens with zero attached hydrogens (tertiary/aromatic N) is 2. The molecule has 2 heterocycles. The monoisotopic (exact) mass is 654 g/mol. The molecular weight excluding hydrogens is 615 g/mol. The van der Waals surface area contributed by atoms with Crippen LogP contribution in [0.3, 0.4) is 0 Å². The number of rotatable bonds is 8. The van der Waals surface area contributed by atoms with Gasteiger partial charge in [0, 0.05) is 24.1 Å². The average molecular weight is 656 g/mol. The Morgan fingerprint density at radius 2 is 1.67 bits per heavy atom. The molecule has 1 amide bonds. The zero-order valence-corrected chi connectivity index (χ0v) is 27.5. The second kappa shape index (κ2) is 13.0. The van der Waals surface area contributed by atoms with E-state index in [0.717, 1.165) is 50.0 Å². The lowest BCUT2D eigenvalue weighted by molar-refractivity contribution is -0.113. The summed E-state index contributed by atoms with van der Waals surface area (Å²) in [4.78, 5) is 18.3. The summed E-state index contributed by atoms with van der Waals surface area (Å²) in [6.45, 7) is 3.78. The molecule has 1 spiro atoms. The summed E-state index contributed by atoms with van der Waals surface area (Å²) in [7, 11) is 4.60. The van der Waals surface area contributed by atoms with Crippen LogP contribution in [0.1, 0.15) is 58.8 Å². The van der Waals surface area contributed by atoms with E-state index in [0.29, 0.717) is 59.0 Å². The number of amides is 1. The summed E-state index contributed by atoms with van der Waals surface area (Å²) in [6, 6.07) is 17.3. The molecule has 1 aliphatic carbocycles. The van der Waals surface area contributed by atoms with E-state index in [4.69, 9.17) is 42.1 Å². The number of aliphatic hydroxyl groups excluding tert-OH is 1. The van der Waals surface area contributed by atoms with Crippen LogP contribution in [0.15, 0.2) is 54.6 Å². The molecule has 2 aliphatic heterocycles. The Morgan fingerprint density at radius 3 is 2.33 bits per heavy atom. The molecule has 3 aromatic rings. The molecule has 240 valence electrons. The van der Waals surface area contributed by atoms with E-state index in [1.807, 2.05) is 23.1 Å². The third-order valence-electron chi connectivity index (χ3n) is 9.95. The van der Waals surface area contributed by atoms with E-state index >= 15 is 0 Å². The Bertz CT molecular complexity index is 1530. The molecule has 8 nitrogen and oxygen atoms in total. The van der Waals surface area contributed by atoms with Gasteiger partial charge in [0.15, 0.2) is 11.5 Å². The minimum Gasteiger partial charge on any atom is -0.493 e. The number of fused-ring (bicyclic) bond motifs is 2. The minimum atomic E-state index is -0.784. The lowest BCUT2D eigenvalue weighted by Crippen LogP contribution is -2.53. The van der Waals surface area contributed by atoms with Crippen molar-refractivity contribution in [3.05, 3.63) is 86.9 Å². The number of likely N-dealkylation sites (tertiary alicyclic amines) is 1. The van der Waals surface area contributed by atoms with Crippen molar-refractivity contribution in [2.24, 2.45) is 0 Å². The van der Waals surface area contributed by atoms with E-state index < -0.39 is 11.7 Å². The number of hydrogen-bond donors (Lipinski definition) is 1. The molecule has 0 bridgehead atoms. The maximum Gasteiger partial charge on any atom is 0.254 e. The van der Waals surface area contributed by atoms with Crippen LogP contribution in [0.5, 0.6) is 17.2 Å². The normalized spacial score (nSPS) is 22.7. The van der Waals surface area contributed by atoms with Gasteiger partial charge in [-0.05, 0) is 79.7 Å². The van der Waals surface area contributed by atoms with Gasteiger partial charge in [-0.1, -0.05) is 53.5 Å². The Labute approximate surface area is 274 Å². The highest BCUT2D eigenvalue weighted by molar-refractivity contribution is 6.42. The third-order valence-corrected chi connectivity index (χ3v) is 10.7. The molecule has 2 fully saturated rings. The first-order chi connectivity index (χ1) is 21.7. The Hall–Kier alpha value is -3.01. The molecule has 1 N–H and O–H groups in total. The maximum atomic E-state index is 14.0. The second-order valence-corrected chi connectivity index (χ2v) is 13.1. The number of carbonyl (C=O) groups is 1. The molecule has 2 atom stereocenters. The lowest BCUT2D eigenvalue weighted by Gasteiger charge is -2.45. The van der Waals surface area contributed by atoms with Gasteiger partial charge >= 0.3 is 0 Å². The zero-order valence-electron chi connectivity index (χ0n) is 26.0. The molecule has 3 aliphatic rings. The Morgan fingerprint density at radius 1 is 0.956 bits per heavy atom. The van der Waals surface area contributed by atoms with Crippen LogP contribution >= 0.6 is 23.2 Å². The number of hydrogen-bond acceptors (Lipinski definition) is 7. The van der Waals surface area contributed by atoms with E-state index in [-0.39, 0.29) is 11.3 Å². The predicted octanol–water partition coefficient (Wildman–Crippen LogP) is 6.25. The summed E-state index contributed by atoms with van der Waals surface area (Å²) in [5.41, 5.74) is 2.96. The van der Waals surface area contributed by atoms with E-state index in [1.165, 1.54) is 26.9 Å². The first-order valence-electron chi connectivity index (χ1n) is 15.4. The van der Waals surface area contributed by atoms with Crippen LogP contribution < -0.4 is 14.2 Å². The SMILES string of the molecule is COc1cc(C(=O)N2CCOC(CCN3CCC4(CC3)CC(O)c3ccccc34)(c3ccc(Cl)c(Cl)c3)C2)cc(OC)c1OC. The van der Waals surface area contributed by atoms with Crippen molar-refractivity contribution in [2.45, 2.75) is 42.8 Å². The summed E-state index contributed by atoms with van der Waals surface area (Å²) in [5, 5.41) is 11.7. The van der Waals surface area contributed by atoms with E-state index in [2.05, 4.69) is 23.1 Å². The molecule has 3 aromatic carbocycles. The quantitative estimate of drug-likeness (QED) is 0.308. The van der Waals surface area contributed by atoms with Crippen molar-refractivity contribution in [3.63, 3.8) is 0 Å².